The molecule has 0 spiro atoms. The lowest BCUT2D eigenvalue weighted by Gasteiger charge is -2.28. The molecule has 0 aliphatic carbocycles. The predicted octanol–water partition coefficient (Wildman–Crippen LogP) is 17.1. The van der Waals surface area contributed by atoms with Crippen LogP contribution in [0.3, 0.4) is 0 Å². The summed E-state index contributed by atoms with van der Waals surface area (Å²) < 4.78 is 6.81. The van der Waals surface area contributed by atoms with Gasteiger partial charge in [0.2, 0.25) is 0 Å². The van der Waals surface area contributed by atoms with Crippen molar-refractivity contribution in [1.82, 2.24) is 0 Å². The van der Waals surface area contributed by atoms with Crippen LogP contribution < -0.4 is 4.90 Å². The van der Waals surface area contributed by atoms with Crippen molar-refractivity contribution in [2.75, 3.05) is 4.90 Å². The van der Waals surface area contributed by atoms with Crippen LogP contribution in [-0.4, -0.2) is 0 Å². The second-order valence-corrected chi connectivity index (χ2v) is 15.6. The third kappa shape index (κ3) is 6.37. The van der Waals surface area contributed by atoms with Gasteiger partial charge in [-0.2, -0.15) is 0 Å². The third-order valence-electron chi connectivity index (χ3n) is 12.0. The number of anilines is 3. The van der Waals surface area contributed by atoms with Crippen LogP contribution in [0.15, 0.2) is 229 Å². The lowest BCUT2D eigenvalue weighted by molar-refractivity contribution is 0.671. The SMILES string of the molecule is C/C=C\C=C/c1ccc(N(c2ccc(-c3cc4ccccc4c4ccccc34)cc2)c2ccc(-c3cccc4c3oc3c(-c5ccccc5)cccc34)cc2)c2ccccc12. The zero-order chi connectivity index (χ0) is 40.7. The summed E-state index contributed by atoms with van der Waals surface area (Å²) in [6.07, 6.45) is 8.43. The molecular formula is C59H41NO. The quantitative estimate of drug-likeness (QED) is 0.113. The highest BCUT2D eigenvalue weighted by molar-refractivity contribution is 6.15. The number of benzene rings is 10. The van der Waals surface area contributed by atoms with Crippen molar-refractivity contribution in [3.05, 3.63) is 230 Å². The van der Waals surface area contributed by atoms with Gasteiger partial charge in [-0.15, -0.1) is 0 Å². The Morgan fingerprint density at radius 1 is 0.377 bits per heavy atom. The van der Waals surface area contributed by atoms with E-state index in [0.29, 0.717) is 0 Å². The average molecular weight is 780 g/mol. The van der Waals surface area contributed by atoms with Gasteiger partial charge in [0.15, 0.2) is 0 Å². The van der Waals surface area contributed by atoms with E-state index in [-0.39, 0.29) is 0 Å². The molecule has 288 valence electrons. The largest absolute Gasteiger partial charge is 0.455 e. The Balaban J connectivity index is 1.04. The molecule has 0 saturated heterocycles. The Bertz CT molecular complexity index is 3460. The summed E-state index contributed by atoms with van der Waals surface area (Å²) in [7, 11) is 0. The van der Waals surface area contributed by atoms with Crippen LogP contribution in [0, 0.1) is 0 Å². The zero-order valence-electron chi connectivity index (χ0n) is 33.8. The first-order valence-corrected chi connectivity index (χ1v) is 21.0. The van der Waals surface area contributed by atoms with Crippen LogP contribution in [0.4, 0.5) is 17.1 Å². The summed E-state index contributed by atoms with van der Waals surface area (Å²) in [5, 5.41) is 9.66. The molecule has 0 bridgehead atoms. The fourth-order valence-electron chi connectivity index (χ4n) is 9.11. The summed E-state index contributed by atoms with van der Waals surface area (Å²) in [6.45, 7) is 2.04. The van der Waals surface area contributed by atoms with Gasteiger partial charge in [-0.25, -0.2) is 0 Å². The van der Waals surface area contributed by atoms with Gasteiger partial charge in [0, 0.05) is 38.7 Å². The van der Waals surface area contributed by atoms with Gasteiger partial charge in [0.25, 0.3) is 0 Å². The van der Waals surface area contributed by atoms with Gasteiger partial charge >= 0.3 is 0 Å². The van der Waals surface area contributed by atoms with Gasteiger partial charge < -0.3 is 9.32 Å². The lowest BCUT2D eigenvalue weighted by Crippen LogP contribution is -2.10. The van der Waals surface area contributed by atoms with E-state index in [0.717, 1.165) is 61.3 Å². The zero-order valence-corrected chi connectivity index (χ0v) is 33.8. The van der Waals surface area contributed by atoms with Gasteiger partial charge in [-0.05, 0) is 98.1 Å². The molecule has 0 amide bonds. The second kappa shape index (κ2) is 15.3. The lowest BCUT2D eigenvalue weighted by atomic mass is 9.93. The fourth-order valence-corrected chi connectivity index (χ4v) is 9.11. The molecular weight excluding hydrogens is 739 g/mol. The highest BCUT2D eigenvalue weighted by atomic mass is 16.3. The molecule has 0 N–H and O–H groups in total. The smallest absolute Gasteiger partial charge is 0.143 e. The summed E-state index contributed by atoms with van der Waals surface area (Å²) in [4.78, 5) is 2.39. The van der Waals surface area contributed by atoms with Gasteiger partial charge in [0.05, 0.1) is 5.69 Å². The molecule has 0 unspecified atom stereocenters. The molecule has 0 fully saturated rings. The monoisotopic (exact) mass is 779 g/mol. The molecule has 0 saturated carbocycles. The Morgan fingerprint density at radius 3 is 1.56 bits per heavy atom. The molecule has 1 aromatic heterocycles. The number of fused-ring (bicyclic) bond motifs is 7. The number of hydrogen-bond donors (Lipinski definition) is 0. The maximum Gasteiger partial charge on any atom is 0.143 e. The van der Waals surface area contributed by atoms with E-state index in [1.54, 1.807) is 0 Å². The maximum absolute atomic E-state index is 6.81. The molecule has 0 atom stereocenters. The van der Waals surface area contributed by atoms with Crippen LogP contribution >= 0.6 is 0 Å². The Morgan fingerprint density at radius 2 is 0.902 bits per heavy atom. The third-order valence-corrected chi connectivity index (χ3v) is 12.0. The molecule has 10 aromatic carbocycles. The fraction of sp³-hybridized carbons (Fsp3) is 0.0169. The Hall–Kier alpha value is -7.94. The summed E-state index contributed by atoms with van der Waals surface area (Å²) in [6, 6.07) is 74.4. The van der Waals surface area contributed by atoms with Crippen LogP contribution in [-0.2, 0) is 0 Å². The van der Waals surface area contributed by atoms with Gasteiger partial charge in [0.1, 0.15) is 11.2 Å². The van der Waals surface area contributed by atoms with Crippen molar-refractivity contribution in [1.29, 1.82) is 0 Å². The molecule has 1 heterocycles. The van der Waals surface area contributed by atoms with Crippen molar-refractivity contribution < 1.29 is 4.42 Å². The molecule has 0 radical (unpaired) electrons. The van der Waals surface area contributed by atoms with E-state index in [4.69, 9.17) is 4.42 Å². The van der Waals surface area contributed by atoms with E-state index in [9.17, 15) is 0 Å². The topological polar surface area (TPSA) is 16.4 Å². The first kappa shape index (κ1) is 36.2. The number of nitrogens with zero attached hydrogens (tertiary/aromatic N) is 1. The minimum Gasteiger partial charge on any atom is -0.455 e. The molecule has 2 heteroatoms. The Labute approximate surface area is 355 Å². The highest BCUT2D eigenvalue weighted by Crippen LogP contribution is 2.44. The summed E-state index contributed by atoms with van der Waals surface area (Å²) >= 11 is 0. The molecule has 11 rings (SSSR count). The second-order valence-electron chi connectivity index (χ2n) is 15.6. The van der Waals surface area contributed by atoms with Crippen molar-refractivity contribution in [2.24, 2.45) is 0 Å². The summed E-state index contributed by atoms with van der Waals surface area (Å²) in [5.74, 6) is 0. The van der Waals surface area contributed by atoms with Crippen LogP contribution in [0.25, 0.3) is 93.7 Å². The number of allylic oxidation sites excluding steroid dienone is 3. The average Bonchev–Trinajstić information content (AvgIpc) is 3.72. The first-order valence-electron chi connectivity index (χ1n) is 21.0. The standard InChI is InChI=1S/C59H41NO/c1-2-3-5-16-41-33-38-57(53-24-13-10-20-47(41)53)60(46-36-31-43(32-37-46)56-39-44-19-8-9-21-48(44)51-22-11-12-23-52(51)56)45-34-29-42(30-35-45)50-26-15-28-55-54-27-14-25-49(58(54)61-59(50)55)40-17-6-4-7-18-40/h2-39H,1H3/b3-2-,16-5-. The van der Waals surface area contributed by atoms with Gasteiger partial charge in [-0.3, -0.25) is 0 Å². The van der Waals surface area contributed by atoms with Crippen LogP contribution in [0.1, 0.15) is 12.5 Å². The first-order chi connectivity index (χ1) is 30.2. The Kier molecular flexibility index (Phi) is 9.09. The van der Waals surface area contributed by atoms with Crippen LogP contribution in [0.5, 0.6) is 0 Å². The van der Waals surface area contributed by atoms with Crippen LogP contribution in [0.2, 0.25) is 0 Å². The van der Waals surface area contributed by atoms with E-state index >= 15 is 0 Å². The van der Waals surface area contributed by atoms with Crippen molar-refractivity contribution in [3.63, 3.8) is 0 Å². The highest BCUT2D eigenvalue weighted by Gasteiger charge is 2.19. The van der Waals surface area contributed by atoms with Gasteiger partial charge in [-0.1, -0.05) is 194 Å². The molecule has 0 aliphatic rings. The predicted molar refractivity (Wildman–Crippen MR) is 261 cm³/mol. The minimum atomic E-state index is 0.898. The number of furan rings is 1. The number of para-hydroxylation sites is 2. The van der Waals surface area contributed by atoms with Crippen molar-refractivity contribution in [3.8, 4) is 33.4 Å². The molecule has 0 aliphatic heterocycles. The normalized spacial score (nSPS) is 11.9. The van der Waals surface area contributed by atoms with E-state index < -0.39 is 0 Å². The summed E-state index contributed by atoms with van der Waals surface area (Å²) in [5.41, 5.74) is 13.1. The van der Waals surface area contributed by atoms with E-state index in [1.165, 1.54) is 49.0 Å². The number of hydrogen-bond acceptors (Lipinski definition) is 2. The van der Waals surface area contributed by atoms with Crippen molar-refractivity contribution >= 4 is 77.4 Å². The number of rotatable bonds is 8. The van der Waals surface area contributed by atoms with E-state index in [2.05, 4.69) is 235 Å². The molecule has 61 heavy (non-hydrogen) atoms. The molecule has 2 nitrogen and oxygen atoms in total. The molecule has 11 aromatic rings. The minimum absolute atomic E-state index is 0.898. The van der Waals surface area contributed by atoms with E-state index in [1.807, 2.05) is 6.92 Å². The van der Waals surface area contributed by atoms with Crippen molar-refractivity contribution in [2.45, 2.75) is 6.92 Å². The maximum atomic E-state index is 6.81.